The SMILES string of the molecule is CC(N)CNC(C)Cc1ccccc1. The lowest BCUT2D eigenvalue weighted by Gasteiger charge is -2.15. The van der Waals surface area contributed by atoms with Crippen molar-refractivity contribution in [2.45, 2.75) is 32.4 Å². The Hall–Kier alpha value is -0.860. The Bertz CT molecular complexity index is 244. The molecule has 2 atom stereocenters. The van der Waals surface area contributed by atoms with E-state index in [1.165, 1.54) is 5.56 Å². The molecular formula is C12H20N2. The number of benzene rings is 1. The smallest absolute Gasteiger partial charge is 0.0136 e. The Labute approximate surface area is 86.5 Å². The van der Waals surface area contributed by atoms with Crippen LogP contribution in [0.4, 0.5) is 0 Å². The van der Waals surface area contributed by atoms with E-state index in [4.69, 9.17) is 5.73 Å². The summed E-state index contributed by atoms with van der Waals surface area (Å²) in [4.78, 5) is 0. The van der Waals surface area contributed by atoms with Gasteiger partial charge in [0.05, 0.1) is 0 Å². The summed E-state index contributed by atoms with van der Waals surface area (Å²) in [6.45, 7) is 5.09. The fraction of sp³-hybridized carbons (Fsp3) is 0.500. The molecule has 0 amide bonds. The number of nitrogens with one attached hydrogen (secondary N) is 1. The first-order valence-electron chi connectivity index (χ1n) is 5.21. The zero-order valence-corrected chi connectivity index (χ0v) is 9.03. The van der Waals surface area contributed by atoms with E-state index in [1.54, 1.807) is 0 Å². The summed E-state index contributed by atoms with van der Waals surface area (Å²) >= 11 is 0. The van der Waals surface area contributed by atoms with Gasteiger partial charge in [0.1, 0.15) is 0 Å². The summed E-state index contributed by atoms with van der Waals surface area (Å²) in [6.07, 6.45) is 1.06. The predicted molar refractivity (Wildman–Crippen MR) is 61.3 cm³/mol. The van der Waals surface area contributed by atoms with Crippen LogP contribution in [0.5, 0.6) is 0 Å². The summed E-state index contributed by atoms with van der Waals surface area (Å²) in [7, 11) is 0. The summed E-state index contributed by atoms with van der Waals surface area (Å²) in [5, 5.41) is 3.41. The number of hydrogen-bond acceptors (Lipinski definition) is 2. The fourth-order valence-corrected chi connectivity index (χ4v) is 1.43. The van der Waals surface area contributed by atoms with Gasteiger partial charge in [0.15, 0.2) is 0 Å². The second-order valence-corrected chi connectivity index (χ2v) is 3.98. The maximum absolute atomic E-state index is 5.67. The second-order valence-electron chi connectivity index (χ2n) is 3.98. The van der Waals surface area contributed by atoms with Crippen molar-refractivity contribution in [2.75, 3.05) is 6.54 Å². The van der Waals surface area contributed by atoms with Gasteiger partial charge in [-0.3, -0.25) is 0 Å². The van der Waals surface area contributed by atoms with Crippen LogP contribution in [-0.4, -0.2) is 18.6 Å². The number of rotatable bonds is 5. The van der Waals surface area contributed by atoms with E-state index in [0.29, 0.717) is 6.04 Å². The lowest BCUT2D eigenvalue weighted by Crippen LogP contribution is -2.37. The van der Waals surface area contributed by atoms with Gasteiger partial charge in [0.25, 0.3) is 0 Å². The maximum atomic E-state index is 5.67. The molecule has 78 valence electrons. The Morgan fingerprint density at radius 2 is 1.86 bits per heavy atom. The Kier molecular flexibility index (Phi) is 4.63. The first kappa shape index (κ1) is 11.2. The zero-order valence-electron chi connectivity index (χ0n) is 9.03. The van der Waals surface area contributed by atoms with Crippen LogP contribution in [0.1, 0.15) is 19.4 Å². The van der Waals surface area contributed by atoms with Crippen molar-refractivity contribution >= 4 is 0 Å². The summed E-state index contributed by atoms with van der Waals surface area (Å²) < 4.78 is 0. The second kappa shape index (κ2) is 5.78. The minimum atomic E-state index is 0.230. The molecule has 0 radical (unpaired) electrons. The van der Waals surface area contributed by atoms with Crippen molar-refractivity contribution in [3.63, 3.8) is 0 Å². The van der Waals surface area contributed by atoms with E-state index in [9.17, 15) is 0 Å². The standard InChI is InChI=1S/C12H20N2/c1-10(13)9-14-11(2)8-12-6-4-3-5-7-12/h3-7,10-11,14H,8-9,13H2,1-2H3. The molecule has 0 bridgehead atoms. The molecule has 0 fully saturated rings. The van der Waals surface area contributed by atoms with Crippen LogP contribution in [0.25, 0.3) is 0 Å². The van der Waals surface area contributed by atoms with Crippen molar-refractivity contribution < 1.29 is 0 Å². The monoisotopic (exact) mass is 192 g/mol. The van der Waals surface area contributed by atoms with Crippen molar-refractivity contribution in [3.05, 3.63) is 35.9 Å². The van der Waals surface area contributed by atoms with Crippen molar-refractivity contribution in [1.29, 1.82) is 0 Å². The highest BCUT2D eigenvalue weighted by molar-refractivity contribution is 5.15. The van der Waals surface area contributed by atoms with Crippen LogP contribution in [0.2, 0.25) is 0 Å². The highest BCUT2D eigenvalue weighted by Gasteiger charge is 2.03. The molecule has 0 saturated carbocycles. The molecule has 0 aliphatic heterocycles. The molecule has 1 aromatic rings. The minimum absolute atomic E-state index is 0.230. The van der Waals surface area contributed by atoms with Gasteiger partial charge in [-0.2, -0.15) is 0 Å². The summed E-state index contributed by atoms with van der Waals surface area (Å²) in [5.41, 5.74) is 7.04. The average Bonchev–Trinajstić information content (AvgIpc) is 2.16. The third-order valence-electron chi connectivity index (χ3n) is 2.17. The maximum Gasteiger partial charge on any atom is 0.0136 e. The Morgan fingerprint density at radius 3 is 2.43 bits per heavy atom. The van der Waals surface area contributed by atoms with E-state index >= 15 is 0 Å². The van der Waals surface area contributed by atoms with E-state index in [0.717, 1.165) is 13.0 Å². The van der Waals surface area contributed by atoms with Gasteiger partial charge in [-0.05, 0) is 25.8 Å². The normalized spacial score (nSPS) is 15.1. The molecule has 2 heteroatoms. The zero-order chi connectivity index (χ0) is 10.4. The first-order chi connectivity index (χ1) is 6.68. The molecule has 0 aliphatic rings. The lowest BCUT2D eigenvalue weighted by atomic mass is 10.1. The van der Waals surface area contributed by atoms with Crippen molar-refractivity contribution in [3.8, 4) is 0 Å². The summed E-state index contributed by atoms with van der Waals surface area (Å²) in [5.74, 6) is 0. The van der Waals surface area contributed by atoms with Crippen LogP contribution in [0.3, 0.4) is 0 Å². The molecule has 3 N–H and O–H groups in total. The lowest BCUT2D eigenvalue weighted by molar-refractivity contribution is 0.514. The van der Waals surface area contributed by atoms with Crippen LogP contribution >= 0.6 is 0 Å². The predicted octanol–water partition coefficient (Wildman–Crippen LogP) is 1.55. The molecule has 0 aromatic heterocycles. The molecule has 2 unspecified atom stereocenters. The van der Waals surface area contributed by atoms with E-state index in [2.05, 4.69) is 36.5 Å². The molecule has 0 heterocycles. The highest BCUT2D eigenvalue weighted by Crippen LogP contribution is 2.02. The quantitative estimate of drug-likeness (QED) is 0.743. The van der Waals surface area contributed by atoms with Crippen molar-refractivity contribution in [2.24, 2.45) is 5.73 Å². The third kappa shape index (κ3) is 4.40. The average molecular weight is 192 g/mol. The first-order valence-corrected chi connectivity index (χ1v) is 5.21. The number of nitrogens with two attached hydrogens (primary N) is 1. The molecule has 1 rings (SSSR count). The van der Waals surface area contributed by atoms with E-state index in [1.807, 2.05) is 13.0 Å². The molecule has 1 aromatic carbocycles. The minimum Gasteiger partial charge on any atom is -0.327 e. The van der Waals surface area contributed by atoms with Gasteiger partial charge >= 0.3 is 0 Å². The third-order valence-corrected chi connectivity index (χ3v) is 2.17. The molecule has 2 nitrogen and oxygen atoms in total. The largest absolute Gasteiger partial charge is 0.327 e. The van der Waals surface area contributed by atoms with Crippen LogP contribution in [-0.2, 0) is 6.42 Å². The van der Waals surface area contributed by atoms with Gasteiger partial charge in [0, 0.05) is 18.6 Å². The van der Waals surface area contributed by atoms with Gasteiger partial charge in [-0.25, -0.2) is 0 Å². The summed E-state index contributed by atoms with van der Waals surface area (Å²) in [6, 6.07) is 11.2. The van der Waals surface area contributed by atoms with Gasteiger partial charge in [-0.15, -0.1) is 0 Å². The van der Waals surface area contributed by atoms with Gasteiger partial charge in [0.2, 0.25) is 0 Å². The van der Waals surface area contributed by atoms with Gasteiger partial charge in [-0.1, -0.05) is 30.3 Å². The molecule has 14 heavy (non-hydrogen) atoms. The van der Waals surface area contributed by atoms with Crippen LogP contribution in [0, 0.1) is 0 Å². The van der Waals surface area contributed by atoms with Crippen LogP contribution < -0.4 is 11.1 Å². The Balaban J connectivity index is 2.30. The highest BCUT2D eigenvalue weighted by atomic mass is 14.9. The fourth-order valence-electron chi connectivity index (χ4n) is 1.43. The van der Waals surface area contributed by atoms with E-state index in [-0.39, 0.29) is 6.04 Å². The molecule has 0 saturated heterocycles. The molecule has 0 aliphatic carbocycles. The molecular weight excluding hydrogens is 172 g/mol. The van der Waals surface area contributed by atoms with Gasteiger partial charge < -0.3 is 11.1 Å². The van der Waals surface area contributed by atoms with Crippen molar-refractivity contribution in [1.82, 2.24) is 5.32 Å². The topological polar surface area (TPSA) is 38.0 Å². The Morgan fingerprint density at radius 1 is 1.21 bits per heavy atom. The molecule has 0 spiro atoms. The number of hydrogen-bond donors (Lipinski definition) is 2. The van der Waals surface area contributed by atoms with E-state index < -0.39 is 0 Å². The van der Waals surface area contributed by atoms with Crippen LogP contribution in [0.15, 0.2) is 30.3 Å².